The van der Waals surface area contributed by atoms with E-state index >= 15 is 0 Å². The van der Waals surface area contributed by atoms with Crippen LogP contribution in [0.4, 0.5) is 5.69 Å². The van der Waals surface area contributed by atoms with Crippen LogP contribution < -0.4 is 19.8 Å². The predicted octanol–water partition coefficient (Wildman–Crippen LogP) is 3.82. The van der Waals surface area contributed by atoms with Crippen molar-refractivity contribution in [3.8, 4) is 11.3 Å². The molecule has 9 nitrogen and oxygen atoms in total. The summed E-state index contributed by atoms with van der Waals surface area (Å²) in [6.07, 6.45) is 1.63. The van der Waals surface area contributed by atoms with Gasteiger partial charge in [0.1, 0.15) is 11.5 Å². The van der Waals surface area contributed by atoms with Gasteiger partial charge < -0.3 is 19.2 Å². The molecule has 1 aliphatic rings. The van der Waals surface area contributed by atoms with Crippen LogP contribution in [0.25, 0.3) is 17.4 Å². The molecule has 2 aromatic heterocycles. The number of furan rings is 1. The number of fused-ring (bicyclic) bond motifs is 1. The first-order valence-electron chi connectivity index (χ1n) is 12.6. The minimum absolute atomic E-state index is 0.148. The Kier molecular flexibility index (Phi) is 7.27. The van der Waals surface area contributed by atoms with Gasteiger partial charge in [0.2, 0.25) is 0 Å². The Balaban J connectivity index is 1.61. The van der Waals surface area contributed by atoms with Crippen LogP contribution >= 0.6 is 11.3 Å². The molecule has 0 spiro atoms. The number of esters is 1. The molecule has 10 heteroatoms. The Morgan fingerprint density at radius 1 is 1.15 bits per heavy atom. The lowest BCUT2D eigenvalue weighted by molar-refractivity contribution is -0.139. The van der Waals surface area contributed by atoms with E-state index in [9.17, 15) is 19.5 Å². The van der Waals surface area contributed by atoms with E-state index in [0.29, 0.717) is 37.7 Å². The van der Waals surface area contributed by atoms with Crippen molar-refractivity contribution in [2.24, 2.45) is 4.99 Å². The van der Waals surface area contributed by atoms with Crippen molar-refractivity contribution in [2.45, 2.75) is 19.9 Å². The minimum atomic E-state index is -1.03. The van der Waals surface area contributed by atoms with Gasteiger partial charge in [0.25, 0.3) is 5.56 Å². The van der Waals surface area contributed by atoms with Crippen LogP contribution in [0, 0.1) is 0 Å². The number of hydrogen-bond acceptors (Lipinski definition) is 8. The molecule has 0 saturated heterocycles. The van der Waals surface area contributed by atoms with Crippen LogP contribution in [0.5, 0.6) is 0 Å². The summed E-state index contributed by atoms with van der Waals surface area (Å²) in [4.78, 5) is 45.2. The van der Waals surface area contributed by atoms with Crippen LogP contribution in [0.15, 0.2) is 86.1 Å². The normalized spacial score (nSPS) is 15.0. The van der Waals surface area contributed by atoms with Gasteiger partial charge in [-0.1, -0.05) is 35.6 Å². The highest BCUT2D eigenvalue weighted by Crippen LogP contribution is 2.31. The maximum atomic E-state index is 13.8. The van der Waals surface area contributed by atoms with Gasteiger partial charge in [-0.25, -0.2) is 14.6 Å². The van der Waals surface area contributed by atoms with E-state index in [1.165, 1.54) is 28.0 Å². The van der Waals surface area contributed by atoms with E-state index in [0.717, 1.165) is 11.3 Å². The van der Waals surface area contributed by atoms with Crippen molar-refractivity contribution >= 4 is 35.0 Å². The van der Waals surface area contributed by atoms with Crippen molar-refractivity contribution in [1.29, 1.82) is 0 Å². The van der Waals surface area contributed by atoms with E-state index in [1.54, 1.807) is 44.2 Å². The molecule has 204 valence electrons. The van der Waals surface area contributed by atoms with Crippen molar-refractivity contribution in [3.05, 3.63) is 109 Å². The summed E-state index contributed by atoms with van der Waals surface area (Å²) in [5, 5.41) is 9.29. The first kappa shape index (κ1) is 26.9. The summed E-state index contributed by atoms with van der Waals surface area (Å²) < 4.78 is 13.2. The predicted molar refractivity (Wildman–Crippen MR) is 152 cm³/mol. The molecular formula is C30H27N3O6S. The number of benzene rings is 2. The molecule has 5 rings (SSSR count). The Morgan fingerprint density at radius 2 is 1.90 bits per heavy atom. The number of anilines is 1. The van der Waals surface area contributed by atoms with Gasteiger partial charge in [-0.15, -0.1) is 0 Å². The van der Waals surface area contributed by atoms with Gasteiger partial charge >= 0.3 is 11.9 Å². The van der Waals surface area contributed by atoms with Gasteiger partial charge in [-0.05, 0) is 55.8 Å². The summed E-state index contributed by atoms with van der Waals surface area (Å²) in [5.41, 5.74) is 2.99. The standard InChI is InChI=1S/C30H27N3O6S/c1-5-38-29(37)25-17(2)31-30-33(26(25)18-9-11-21(12-10-18)32(3)4)27(34)24(40-30)16-22-13-14-23(39-22)19-7-6-8-20(15-19)28(35)36/h6-16,26H,5H2,1-4H3,(H,35,36)/b24-16-. The number of aromatic nitrogens is 1. The zero-order valence-corrected chi connectivity index (χ0v) is 23.2. The quantitative estimate of drug-likeness (QED) is 0.344. The number of carboxylic acids is 1. The van der Waals surface area contributed by atoms with E-state index in [2.05, 4.69) is 4.99 Å². The summed E-state index contributed by atoms with van der Waals surface area (Å²) in [6.45, 7) is 3.68. The van der Waals surface area contributed by atoms with Crippen LogP contribution in [0.2, 0.25) is 0 Å². The maximum Gasteiger partial charge on any atom is 0.338 e. The van der Waals surface area contributed by atoms with Gasteiger partial charge in [0, 0.05) is 31.4 Å². The number of carboxylic acid groups (broad SMARTS) is 1. The third-order valence-corrected chi connectivity index (χ3v) is 7.52. The lowest BCUT2D eigenvalue weighted by atomic mass is 9.95. The summed E-state index contributed by atoms with van der Waals surface area (Å²) in [5.74, 6) is -0.646. The highest BCUT2D eigenvalue weighted by molar-refractivity contribution is 7.07. The number of ether oxygens (including phenoxy) is 1. The average Bonchev–Trinajstić information content (AvgIpc) is 3.52. The Labute approximate surface area is 233 Å². The zero-order valence-electron chi connectivity index (χ0n) is 22.4. The maximum absolute atomic E-state index is 13.8. The summed E-state index contributed by atoms with van der Waals surface area (Å²) in [7, 11) is 3.88. The average molecular weight is 558 g/mol. The number of thiazole rings is 1. The molecule has 1 atom stereocenters. The number of carbonyl (C=O) groups excluding carboxylic acids is 1. The van der Waals surface area contributed by atoms with Crippen LogP contribution in [-0.4, -0.2) is 42.3 Å². The first-order chi connectivity index (χ1) is 19.2. The molecule has 0 saturated carbocycles. The number of aromatic carboxylic acids is 1. The van der Waals surface area contributed by atoms with E-state index in [1.807, 2.05) is 43.3 Å². The topological polar surface area (TPSA) is 114 Å². The number of rotatable bonds is 7. The molecule has 4 aromatic rings. The summed E-state index contributed by atoms with van der Waals surface area (Å²) in [6, 6.07) is 16.8. The number of hydrogen-bond donors (Lipinski definition) is 1. The minimum Gasteiger partial charge on any atom is -0.478 e. The smallest absolute Gasteiger partial charge is 0.338 e. The van der Waals surface area contributed by atoms with Gasteiger partial charge in [-0.2, -0.15) is 0 Å². The Bertz CT molecular complexity index is 1830. The SMILES string of the molecule is CCOC(=O)C1=C(C)N=c2s/c(=C\c3ccc(-c4cccc(C(=O)O)c4)o3)c(=O)n2C1c1ccc(N(C)C)cc1. The van der Waals surface area contributed by atoms with Crippen molar-refractivity contribution < 1.29 is 23.8 Å². The van der Waals surface area contributed by atoms with E-state index in [4.69, 9.17) is 9.15 Å². The fraction of sp³-hybridized carbons (Fsp3) is 0.200. The Morgan fingerprint density at radius 3 is 2.58 bits per heavy atom. The number of nitrogens with zero attached hydrogens (tertiary/aromatic N) is 3. The molecule has 0 bridgehead atoms. The van der Waals surface area contributed by atoms with Crippen molar-refractivity contribution in [3.63, 3.8) is 0 Å². The number of carbonyl (C=O) groups is 2. The van der Waals surface area contributed by atoms with Crippen molar-refractivity contribution in [1.82, 2.24) is 4.57 Å². The van der Waals surface area contributed by atoms with Crippen LogP contribution in [-0.2, 0) is 9.53 Å². The second-order valence-electron chi connectivity index (χ2n) is 9.38. The fourth-order valence-corrected chi connectivity index (χ4v) is 5.61. The molecule has 2 aromatic carbocycles. The van der Waals surface area contributed by atoms with Gasteiger partial charge in [0.05, 0.1) is 34.0 Å². The molecule has 1 N–H and O–H groups in total. The monoisotopic (exact) mass is 557 g/mol. The lowest BCUT2D eigenvalue weighted by Gasteiger charge is -2.25. The third-order valence-electron chi connectivity index (χ3n) is 6.54. The van der Waals surface area contributed by atoms with Crippen molar-refractivity contribution in [2.75, 3.05) is 25.6 Å². The molecule has 0 amide bonds. The molecule has 40 heavy (non-hydrogen) atoms. The Hall–Kier alpha value is -4.70. The number of allylic oxidation sites excluding steroid dienone is 1. The lowest BCUT2D eigenvalue weighted by Crippen LogP contribution is -2.39. The van der Waals surface area contributed by atoms with Gasteiger partial charge in [-0.3, -0.25) is 9.36 Å². The molecule has 3 heterocycles. The second kappa shape index (κ2) is 10.8. The highest BCUT2D eigenvalue weighted by Gasteiger charge is 2.33. The van der Waals surface area contributed by atoms with E-state index < -0.39 is 18.0 Å². The van der Waals surface area contributed by atoms with Gasteiger partial charge in [0.15, 0.2) is 4.80 Å². The summed E-state index contributed by atoms with van der Waals surface area (Å²) >= 11 is 1.20. The molecular weight excluding hydrogens is 530 g/mol. The fourth-order valence-electron chi connectivity index (χ4n) is 4.58. The molecule has 0 aliphatic carbocycles. The molecule has 1 aliphatic heterocycles. The first-order valence-corrected chi connectivity index (χ1v) is 13.4. The molecule has 0 fully saturated rings. The molecule has 1 unspecified atom stereocenters. The van der Waals surface area contributed by atoms with Crippen LogP contribution in [0.3, 0.4) is 0 Å². The van der Waals surface area contributed by atoms with E-state index in [-0.39, 0.29) is 17.7 Å². The third kappa shape index (κ3) is 5.01. The largest absolute Gasteiger partial charge is 0.478 e. The highest BCUT2D eigenvalue weighted by atomic mass is 32.1. The molecule has 0 radical (unpaired) electrons. The van der Waals surface area contributed by atoms with Crippen LogP contribution in [0.1, 0.15) is 41.6 Å². The zero-order chi connectivity index (χ0) is 28.6. The second-order valence-corrected chi connectivity index (χ2v) is 10.4.